The summed E-state index contributed by atoms with van der Waals surface area (Å²) in [6.07, 6.45) is 0. The van der Waals surface area contributed by atoms with Gasteiger partial charge in [0.2, 0.25) is 0 Å². The molecule has 3 aromatic rings. The number of rotatable bonds is 2. The number of aromatic nitrogens is 1. The molecule has 0 unspecified atom stereocenters. The predicted octanol–water partition coefficient (Wildman–Crippen LogP) is 3.16. The number of nitrogens with one attached hydrogen (secondary N) is 1. The molecule has 1 aromatic carbocycles. The van der Waals surface area contributed by atoms with Crippen molar-refractivity contribution >= 4 is 22.7 Å². The summed E-state index contributed by atoms with van der Waals surface area (Å²) in [7, 11) is 0. The van der Waals surface area contributed by atoms with Crippen LogP contribution in [0.25, 0.3) is 11.1 Å². The van der Waals surface area contributed by atoms with Gasteiger partial charge in [0.15, 0.2) is 22.8 Å². The van der Waals surface area contributed by atoms with E-state index in [0.29, 0.717) is 41.5 Å². The number of carbonyl (C=O) groups excluding carboxylic acids is 1. The fourth-order valence-corrected chi connectivity index (χ4v) is 2.45. The van der Waals surface area contributed by atoms with Crippen LogP contribution in [0.15, 0.2) is 40.8 Å². The summed E-state index contributed by atoms with van der Waals surface area (Å²) in [5.41, 5.74) is 2.74. The highest BCUT2D eigenvalue weighted by Crippen LogP contribution is 2.32. The summed E-state index contributed by atoms with van der Waals surface area (Å²) in [6.45, 7) is 2.92. The Kier molecular flexibility index (Phi) is 3.15. The topological polar surface area (TPSA) is 73.6 Å². The number of benzene rings is 1. The number of ether oxygens (including phenoxy) is 2. The molecule has 0 spiro atoms. The van der Waals surface area contributed by atoms with Gasteiger partial charge >= 0.3 is 0 Å². The van der Waals surface area contributed by atoms with E-state index in [1.807, 2.05) is 13.0 Å². The van der Waals surface area contributed by atoms with Crippen LogP contribution in [0, 0.1) is 6.92 Å². The van der Waals surface area contributed by atoms with Crippen LogP contribution < -0.4 is 14.8 Å². The van der Waals surface area contributed by atoms with Crippen molar-refractivity contribution in [3.05, 3.63) is 47.9 Å². The number of aryl methyl sites for hydroxylation is 1. The van der Waals surface area contributed by atoms with Crippen molar-refractivity contribution in [1.29, 1.82) is 0 Å². The summed E-state index contributed by atoms with van der Waals surface area (Å²) in [5, 5.41) is 2.79. The maximum Gasteiger partial charge on any atom is 0.291 e. The zero-order valence-corrected chi connectivity index (χ0v) is 12.5. The van der Waals surface area contributed by atoms with Gasteiger partial charge in [-0.25, -0.2) is 4.98 Å². The molecule has 0 radical (unpaired) electrons. The highest BCUT2D eigenvalue weighted by molar-refractivity contribution is 6.04. The lowest BCUT2D eigenvalue weighted by Crippen LogP contribution is -2.16. The number of furan rings is 1. The minimum absolute atomic E-state index is 0.216. The number of carbonyl (C=O) groups is 1. The SMILES string of the molecule is Cc1ccc2oc(C(=O)Nc3ccc4c(c3)OCCO4)cc2n1. The molecule has 4 rings (SSSR count). The van der Waals surface area contributed by atoms with Gasteiger partial charge in [-0.05, 0) is 31.2 Å². The lowest BCUT2D eigenvalue weighted by molar-refractivity contribution is 0.0998. The zero-order chi connectivity index (χ0) is 15.8. The number of hydrogen-bond donors (Lipinski definition) is 1. The van der Waals surface area contributed by atoms with Gasteiger partial charge < -0.3 is 19.2 Å². The molecule has 2 aromatic heterocycles. The Morgan fingerprint density at radius 3 is 2.78 bits per heavy atom. The minimum atomic E-state index is -0.336. The molecule has 0 saturated carbocycles. The Hall–Kier alpha value is -3.02. The first kappa shape index (κ1) is 13.6. The molecular formula is C17H14N2O4. The fraction of sp³-hybridized carbons (Fsp3) is 0.176. The maximum atomic E-state index is 12.3. The second kappa shape index (κ2) is 5.31. The van der Waals surface area contributed by atoms with Gasteiger partial charge in [-0.15, -0.1) is 0 Å². The number of pyridine rings is 1. The van der Waals surface area contributed by atoms with Crippen molar-refractivity contribution in [2.24, 2.45) is 0 Å². The smallest absolute Gasteiger partial charge is 0.291 e. The highest BCUT2D eigenvalue weighted by atomic mass is 16.6. The molecule has 0 saturated heterocycles. The molecule has 0 fully saturated rings. The monoisotopic (exact) mass is 310 g/mol. The Labute approximate surface area is 132 Å². The molecular weight excluding hydrogens is 296 g/mol. The third-order valence-electron chi connectivity index (χ3n) is 3.54. The third-order valence-corrected chi connectivity index (χ3v) is 3.54. The van der Waals surface area contributed by atoms with Gasteiger partial charge in [-0.2, -0.15) is 0 Å². The summed E-state index contributed by atoms with van der Waals surface area (Å²) in [5.74, 6) is 1.18. The van der Waals surface area contributed by atoms with Crippen molar-refractivity contribution < 1.29 is 18.7 Å². The molecule has 0 aliphatic carbocycles. The molecule has 0 bridgehead atoms. The first-order valence-electron chi connectivity index (χ1n) is 7.27. The van der Waals surface area contributed by atoms with Crippen LogP contribution in [-0.4, -0.2) is 24.1 Å². The lowest BCUT2D eigenvalue weighted by atomic mass is 10.2. The van der Waals surface area contributed by atoms with Gasteiger partial charge in [0.05, 0.1) is 0 Å². The van der Waals surface area contributed by atoms with Gasteiger partial charge in [0.1, 0.15) is 18.7 Å². The van der Waals surface area contributed by atoms with Crippen molar-refractivity contribution in [2.45, 2.75) is 6.92 Å². The average molecular weight is 310 g/mol. The van der Waals surface area contributed by atoms with E-state index in [9.17, 15) is 4.79 Å². The molecule has 1 N–H and O–H groups in total. The standard InChI is InChI=1S/C17H14N2O4/c1-10-2-4-13-12(18-10)9-16(23-13)17(20)19-11-3-5-14-15(8-11)22-7-6-21-14/h2-5,8-9H,6-7H2,1H3,(H,19,20). The number of hydrogen-bond acceptors (Lipinski definition) is 5. The molecule has 6 heteroatoms. The van der Waals surface area contributed by atoms with E-state index in [2.05, 4.69) is 10.3 Å². The average Bonchev–Trinajstić information content (AvgIpc) is 2.98. The zero-order valence-electron chi connectivity index (χ0n) is 12.5. The number of fused-ring (bicyclic) bond motifs is 2. The van der Waals surface area contributed by atoms with Crippen LogP contribution in [0.5, 0.6) is 11.5 Å². The second-order valence-electron chi connectivity index (χ2n) is 5.26. The summed E-state index contributed by atoms with van der Waals surface area (Å²) >= 11 is 0. The summed E-state index contributed by atoms with van der Waals surface area (Å²) < 4.78 is 16.5. The normalized spacial score (nSPS) is 13.1. The molecule has 1 amide bonds. The molecule has 23 heavy (non-hydrogen) atoms. The Morgan fingerprint density at radius 1 is 1.09 bits per heavy atom. The van der Waals surface area contributed by atoms with Crippen molar-refractivity contribution in [3.63, 3.8) is 0 Å². The van der Waals surface area contributed by atoms with Crippen molar-refractivity contribution in [2.75, 3.05) is 18.5 Å². The predicted molar refractivity (Wildman–Crippen MR) is 84.1 cm³/mol. The lowest BCUT2D eigenvalue weighted by Gasteiger charge is -2.18. The van der Waals surface area contributed by atoms with E-state index in [1.165, 1.54) is 0 Å². The van der Waals surface area contributed by atoms with Gasteiger partial charge in [-0.3, -0.25) is 4.79 Å². The van der Waals surface area contributed by atoms with E-state index in [-0.39, 0.29) is 11.7 Å². The van der Waals surface area contributed by atoms with Crippen LogP contribution in [0.1, 0.15) is 16.2 Å². The van der Waals surface area contributed by atoms with E-state index in [1.54, 1.807) is 30.3 Å². The molecule has 3 heterocycles. The van der Waals surface area contributed by atoms with Crippen molar-refractivity contribution in [3.8, 4) is 11.5 Å². The van der Waals surface area contributed by atoms with Crippen LogP contribution in [-0.2, 0) is 0 Å². The minimum Gasteiger partial charge on any atom is -0.486 e. The van der Waals surface area contributed by atoms with Gasteiger partial charge in [-0.1, -0.05) is 0 Å². The number of amides is 1. The van der Waals surface area contributed by atoms with E-state index in [0.717, 1.165) is 5.69 Å². The molecule has 1 aliphatic rings. The van der Waals surface area contributed by atoms with E-state index >= 15 is 0 Å². The quantitative estimate of drug-likeness (QED) is 0.787. The summed E-state index contributed by atoms with van der Waals surface area (Å²) in [6, 6.07) is 10.5. The number of anilines is 1. The summed E-state index contributed by atoms with van der Waals surface area (Å²) in [4.78, 5) is 16.7. The number of nitrogens with zero attached hydrogens (tertiary/aromatic N) is 1. The molecule has 0 atom stereocenters. The van der Waals surface area contributed by atoms with Gasteiger partial charge in [0, 0.05) is 23.5 Å². The first-order valence-corrected chi connectivity index (χ1v) is 7.27. The largest absolute Gasteiger partial charge is 0.486 e. The van der Waals surface area contributed by atoms with Crippen LogP contribution in [0.2, 0.25) is 0 Å². The van der Waals surface area contributed by atoms with E-state index in [4.69, 9.17) is 13.9 Å². The highest BCUT2D eigenvalue weighted by Gasteiger charge is 2.16. The van der Waals surface area contributed by atoms with Crippen LogP contribution in [0.4, 0.5) is 5.69 Å². The molecule has 1 aliphatic heterocycles. The Bertz CT molecular complexity index is 901. The van der Waals surface area contributed by atoms with Gasteiger partial charge in [0.25, 0.3) is 5.91 Å². The Balaban J connectivity index is 1.59. The molecule has 6 nitrogen and oxygen atoms in total. The van der Waals surface area contributed by atoms with Crippen LogP contribution in [0.3, 0.4) is 0 Å². The first-order chi connectivity index (χ1) is 11.2. The Morgan fingerprint density at radius 2 is 1.91 bits per heavy atom. The fourth-order valence-electron chi connectivity index (χ4n) is 2.45. The maximum absolute atomic E-state index is 12.3. The second-order valence-corrected chi connectivity index (χ2v) is 5.26. The third kappa shape index (κ3) is 2.59. The van der Waals surface area contributed by atoms with Crippen molar-refractivity contribution in [1.82, 2.24) is 4.98 Å². The van der Waals surface area contributed by atoms with Crippen LogP contribution >= 0.6 is 0 Å². The molecule has 116 valence electrons. The van der Waals surface area contributed by atoms with E-state index < -0.39 is 0 Å².